The largest absolute Gasteiger partial charge is 0.342 e. The number of aromatic nitrogens is 1. The molecule has 0 saturated carbocycles. The van der Waals surface area contributed by atoms with Gasteiger partial charge in [-0.05, 0) is 19.9 Å². The van der Waals surface area contributed by atoms with Crippen LogP contribution in [0, 0.1) is 0 Å². The van der Waals surface area contributed by atoms with Gasteiger partial charge in [0.15, 0.2) is 0 Å². The molecule has 2 heterocycles. The van der Waals surface area contributed by atoms with Crippen molar-refractivity contribution in [3.05, 3.63) is 34.2 Å². The monoisotopic (exact) mass is 263 g/mol. The van der Waals surface area contributed by atoms with Crippen molar-refractivity contribution in [3.8, 4) is 0 Å². The van der Waals surface area contributed by atoms with Crippen molar-refractivity contribution in [1.82, 2.24) is 14.8 Å². The van der Waals surface area contributed by atoms with Gasteiger partial charge < -0.3 is 14.8 Å². The Balaban J connectivity index is 2.31. The lowest BCUT2D eigenvalue weighted by atomic mass is 9.97. The molecular formula is C13H17N3O3. The summed E-state index contributed by atoms with van der Waals surface area (Å²) in [6.45, 7) is 4.45. The number of H-pyrrole nitrogens is 1. The summed E-state index contributed by atoms with van der Waals surface area (Å²) in [6.07, 6.45) is 1.38. The predicted molar refractivity (Wildman–Crippen MR) is 69.8 cm³/mol. The highest BCUT2D eigenvalue weighted by Crippen LogP contribution is 2.23. The number of amides is 2. The molecule has 0 bridgehead atoms. The summed E-state index contributed by atoms with van der Waals surface area (Å²) in [5, 5.41) is 0. The Kier molecular flexibility index (Phi) is 3.18. The minimum Gasteiger partial charge on any atom is -0.342 e. The molecule has 0 aliphatic carbocycles. The van der Waals surface area contributed by atoms with Crippen molar-refractivity contribution in [1.29, 1.82) is 0 Å². The summed E-state index contributed by atoms with van der Waals surface area (Å²) in [6, 6.07) is 2.78. The van der Waals surface area contributed by atoms with Gasteiger partial charge in [0, 0.05) is 32.4 Å². The molecule has 0 aromatic carbocycles. The fourth-order valence-corrected chi connectivity index (χ4v) is 2.27. The first-order valence-electron chi connectivity index (χ1n) is 6.10. The van der Waals surface area contributed by atoms with Crippen LogP contribution in [0.25, 0.3) is 0 Å². The number of nitrogens with zero attached hydrogens (tertiary/aromatic N) is 2. The third-order valence-electron chi connectivity index (χ3n) is 3.48. The lowest BCUT2D eigenvalue weighted by Crippen LogP contribution is -2.63. The minimum absolute atomic E-state index is 0.0866. The molecule has 1 aromatic heterocycles. The van der Waals surface area contributed by atoms with E-state index in [1.807, 2.05) is 0 Å². The van der Waals surface area contributed by atoms with Gasteiger partial charge in [0.1, 0.15) is 5.54 Å². The Morgan fingerprint density at radius 1 is 1.26 bits per heavy atom. The first-order chi connectivity index (χ1) is 8.84. The van der Waals surface area contributed by atoms with Crippen LogP contribution in [0.1, 0.15) is 24.2 Å². The Hall–Kier alpha value is -2.11. The van der Waals surface area contributed by atoms with E-state index >= 15 is 0 Å². The molecule has 0 unspecified atom stereocenters. The first kappa shape index (κ1) is 13.3. The second-order valence-corrected chi connectivity index (χ2v) is 5.18. The Bertz CT molecular complexity index is 556. The molecule has 1 aromatic rings. The van der Waals surface area contributed by atoms with Crippen LogP contribution in [-0.4, -0.2) is 52.3 Å². The maximum Gasteiger partial charge on any atom is 0.256 e. The van der Waals surface area contributed by atoms with Crippen molar-refractivity contribution in [3.63, 3.8) is 0 Å². The van der Waals surface area contributed by atoms with E-state index in [9.17, 15) is 14.4 Å². The number of aromatic amines is 1. The maximum atomic E-state index is 12.4. The minimum atomic E-state index is -0.875. The van der Waals surface area contributed by atoms with Crippen LogP contribution < -0.4 is 5.56 Å². The van der Waals surface area contributed by atoms with Crippen LogP contribution in [0.3, 0.4) is 0 Å². The number of nitrogens with one attached hydrogen (secondary N) is 1. The molecule has 2 rings (SSSR count). The first-order valence-corrected chi connectivity index (χ1v) is 6.10. The number of carbonyl (C=O) groups excluding carboxylic acids is 2. The van der Waals surface area contributed by atoms with Gasteiger partial charge in [0.2, 0.25) is 11.5 Å². The van der Waals surface area contributed by atoms with Gasteiger partial charge >= 0.3 is 0 Å². The van der Waals surface area contributed by atoms with Gasteiger partial charge in [-0.2, -0.15) is 0 Å². The number of piperazine rings is 1. The highest BCUT2D eigenvalue weighted by atomic mass is 16.2. The number of hydrogen-bond donors (Lipinski definition) is 1. The third kappa shape index (κ3) is 2.25. The van der Waals surface area contributed by atoms with Gasteiger partial charge in [-0.15, -0.1) is 0 Å². The second kappa shape index (κ2) is 4.53. The van der Waals surface area contributed by atoms with Crippen molar-refractivity contribution in [2.24, 2.45) is 0 Å². The average Bonchev–Trinajstić information content (AvgIpc) is 2.36. The molecule has 2 amide bonds. The zero-order valence-corrected chi connectivity index (χ0v) is 11.3. The number of pyridine rings is 1. The quantitative estimate of drug-likeness (QED) is 0.779. The normalized spacial score (nSPS) is 18.6. The van der Waals surface area contributed by atoms with Crippen molar-refractivity contribution >= 4 is 11.8 Å². The van der Waals surface area contributed by atoms with E-state index in [0.717, 1.165) is 0 Å². The summed E-state index contributed by atoms with van der Waals surface area (Å²) >= 11 is 0. The molecule has 0 spiro atoms. The van der Waals surface area contributed by atoms with Crippen LogP contribution in [-0.2, 0) is 4.79 Å². The van der Waals surface area contributed by atoms with Crippen molar-refractivity contribution in [2.75, 3.05) is 20.1 Å². The molecule has 6 heteroatoms. The molecule has 19 heavy (non-hydrogen) atoms. The van der Waals surface area contributed by atoms with E-state index in [1.165, 1.54) is 18.3 Å². The Labute approximate surface area is 111 Å². The lowest BCUT2D eigenvalue weighted by molar-refractivity contribution is -0.144. The van der Waals surface area contributed by atoms with Gasteiger partial charge in [-0.1, -0.05) is 0 Å². The van der Waals surface area contributed by atoms with Gasteiger partial charge in [-0.25, -0.2) is 0 Å². The zero-order chi connectivity index (χ0) is 14.2. The highest BCUT2D eigenvalue weighted by Gasteiger charge is 2.43. The van der Waals surface area contributed by atoms with Gasteiger partial charge in [-0.3, -0.25) is 14.4 Å². The summed E-state index contributed by atoms with van der Waals surface area (Å²) in [7, 11) is 1.73. The van der Waals surface area contributed by atoms with Crippen LogP contribution in [0.15, 0.2) is 23.1 Å². The summed E-state index contributed by atoms with van der Waals surface area (Å²) in [5.41, 5.74) is -0.754. The van der Waals surface area contributed by atoms with Crippen molar-refractivity contribution < 1.29 is 9.59 Å². The van der Waals surface area contributed by atoms with E-state index in [4.69, 9.17) is 0 Å². The predicted octanol–water partition coefficient (Wildman–Crippen LogP) is 0.0677. The summed E-state index contributed by atoms with van der Waals surface area (Å²) < 4.78 is 0. The molecule has 0 radical (unpaired) electrons. The summed E-state index contributed by atoms with van der Waals surface area (Å²) in [4.78, 5) is 41.2. The van der Waals surface area contributed by atoms with Gasteiger partial charge in [0.25, 0.3) is 5.91 Å². The molecular weight excluding hydrogens is 246 g/mol. The zero-order valence-electron chi connectivity index (χ0n) is 11.3. The Morgan fingerprint density at radius 2 is 1.95 bits per heavy atom. The topological polar surface area (TPSA) is 73.5 Å². The van der Waals surface area contributed by atoms with E-state index < -0.39 is 5.54 Å². The number of rotatable bonds is 1. The highest BCUT2D eigenvalue weighted by molar-refractivity contribution is 5.99. The van der Waals surface area contributed by atoms with Crippen LogP contribution >= 0.6 is 0 Å². The molecule has 1 N–H and O–H groups in total. The lowest BCUT2D eigenvalue weighted by Gasteiger charge is -2.44. The van der Waals surface area contributed by atoms with E-state index in [1.54, 1.807) is 30.7 Å². The number of likely N-dealkylation sites (N-methyl/N-ethyl adjacent to an activating group) is 1. The smallest absolute Gasteiger partial charge is 0.256 e. The molecule has 1 fully saturated rings. The van der Waals surface area contributed by atoms with Crippen molar-refractivity contribution in [2.45, 2.75) is 19.4 Å². The number of hydrogen-bond acceptors (Lipinski definition) is 3. The standard InChI is InChI=1S/C13H17N3O3/c1-13(2)12(19)15(3)6-7-16(13)11(18)9-4-5-10(17)14-8-9/h4-5,8H,6-7H2,1-3H3,(H,14,17). The summed E-state index contributed by atoms with van der Waals surface area (Å²) in [5.74, 6) is -0.334. The molecule has 1 saturated heterocycles. The molecule has 6 nitrogen and oxygen atoms in total. The SMILES string of the molecule is CN1CCN(C(=O)c2ccc(=O)[nH]c2)C(C)(C)C1=O. The average molecular weight is 263 g/mol. The van der Waals surface area contributed by atoms with Crippen LogP contribution in [0.5, 0.6) is 0 Å². The maximum absolute atomic E-state index is 12.4. The Morgan fingerprint density at radius 3 is 2.53 bits per heavy atom. The molecule has 102 valence electrons. The second-order valence-electron chi connectivity index (χ2n) is 5.18. The third-order valence-corrected chi connectivity index (χ3v) is 3.48. The number of carbonyl (C=O) groups is 2. The van der Waals surface area contributed by atoms with E-state index in [-0.39, 0.29) is 17.4 Å². The molecule has 1 aliphatic rings. The van der Waals surface area contributed by atoms with E-state index in [2.05, 4.69) is 4.98 Å². The van der Waals surface area contributed by atoms with E-state index in [0.29, 0.717) is 18.7 Å². The fourth-order valence-electron chi connectivity index (χ4n) is 2.27. The van der Waals surface area contributed by atoms with Crippen LogP contribution in [0.2, 0.25) is 0 Å². The molecule has 1 aliphatic heterocycles. The van der Waals surface area contributed by atoms with Crippen LogP contribution in [0.4, 0.5) is 0 Å². The molecule has 0 atom stereocenters. The fraction of sp³-hybridized carbons (Fsp3) is 0.462. The van der Waals surface area contributed by atoms with Gasteiger partial charge in [0.05, 0.1) is 5.56 Å².